The number of rotatable bonds is 6. The fourth-order valence-corrected chi connectivity index (χ4v) is 2.53. The van der Waals surface area contributed by atoms with E-state index >= 15 is 0 Å². The zero-order chi connectivity index (χ0) is 21.4. The minimum absolute atomic E-state index is 0.309. The van der Waals surface area contributed by atoms with Crippen LogP contribution >= 0.6 is 0 Å². The van der Waals surface area contributed by atoms with Gasteiger partial charge in [0, 0.05) is 17.7 Å². The molecule has 0 aliphatic carbocycles. The van der Waals surface area contributed by atoms with Gasteiger partial charge >= 0.3 is 12.1 Å². The summed E-state index contributed by atoms with van der Waals surface area (Å²) >= 11 is 0. The molecule has 0 bridgehead atoms. The first-order valence-corrected chi connectivity index (χ1v) is 9.20. The van der Waals surface area contributed by atoms with Crippen molar-refractivity contribution < 1.29 is 23.9 Å². The van der Waals surface area contributed by atoms with Crippen LogP contribution in [0.25, 0.3) is 0 Å². The van der Waals surface area contributed by atoms with Crippen LogP contribution in [0.3, 0.4) is 0 Å². The summed E-state index contributed by atoms with van der Waals surface area (Å²) in [6.45, 7) is 5.33. The van der Waals surface area contributed by atoms with Crippen LogP contribution in [-0.4, -0.2) is 36.7 Å². The monoisotopic (exact) mass is 398 g/mol. The van der Waals surface area contributed by atoms with Crippen LogP contribution in [0.1, 0.15) is 36.7 Å². The third kappa shape index (κ3) is 7.29. The number of carbonyl (C=O) groups excluding carboxylic acids is 3. The van der Waals surface area contributed by atoms with Crippen molar-refractivity contribution >= 4 is 23.7 Å². The van der Waals surface area contributed by atoms with Crippen molar-refractivity contribution in [3.8, 4) is 0 Å². The molecule has 1 atom stereocenters. The predicted molar refractivity (Wildman–Crippen MR) is 110 cm³/mol. The number of carbonyl (C=O) groups is 3. The molecule has 0 saturated heterocycles. The van der Waals surface area contributed by atoms with E-state index in [9.17, 15) is 14.4 Å². The van der Waals surface area contributed by atoms with Crippen molar-refractivity contribution in [1.29, 1.82) is 0 Å². The van der Waals surface area contributed by atoms with Crippen molar-refractivity contribution in [1.82, 2.24) is 5.32 Å². The normalized spacial score (nSPS) is 11.9. The molecule has 29 heavy (non-hydrogen) atoms. The van der Waals surface area contributed by atoms with Crippen LogP contribution < -0.4 is 10.6 Å². The average molecular weight is 398 g/mol. The van der Waals surface area contributed by atoms with Crippen molar-refractivity contribution in [2.75, 3.05) is 12.4 Å². The standard InChI is InChI=1S/C22H26N2O5/c1-22(2,3)29-20(26)18(14-15-8-6-5-7-9-15)24-19(25)16-10-12-17(13-11-16)23-21(27)28-4/h5-13,18H,14H2,1-4H3,(H,23,27)(H,24,25)/t18-/m0/s1. The van der Waals surface area contributed by atoms with Crippen LogP contribution in [0.15, 0.2) is 54.6 Å². The van der Waals surface area contributed by atoms with E-state index in [0.717, 1.165) is 5.56 Å². The molecule has 154 valence electrons. The van der Waals surface area contributed by atoms with E-state index in [0.29, 0.717) is 17.7 Å². The summed E-state index contributed by atoms with van der Waals surface area (Å²) in [4.78, 5) is 36.6. The highest BCUT2D eigenvalue weighted by Gasteiger charge is 2.27. The molecule has 0 saturated carbocycles. The number of nitrogens with one attached hydrogen (secondary N) is 2. The summed E-state index contributed by atoms with van der Waals surface area (Å²) in [7, 11) is 1.26. The number of ether oxygens (including phenoxy) is 2. The largest absolute Gasteiger partial charge is 0.458 e. The minimum atomic E-state index is -0.836. The van der Waals surface area contributed by atoms with Gasteiger partial charge in [-0.1, -0.05) is 30.3 Å². The molecule has 0 fully saturated rings. The molecule has 2 aromatic carbocycles. The Balaban J connectivity index is 2.13. The van der Waals surface area contributed by atoms with Crippen molar-refractivity contribution in [3.05, 3.63) is 65.7 Å². The zero-order valence-electron chi connectivity index (χ0n) is 17.0. The molecule has 0 unspecified atom stereocenters. The Kier molecular flexibility index (Phi) is 7.36. The number of amides is 2. The van der Waals surface area contributed by atoms with E-state index < -0.39 is 29.6 Å². The first-order chi connectivity index (χ1) is 13.7. The molecule has 0 aliphatic heterocycles. The fourth-order valence-electron chi connectivity index (χ4n) is 2.53. The summed E-state index contributed by atoms with van der Waals surface area (Å²) in [6.07, 6.45) is -0.293. The Labute approximate surface area is 170 Å². The molecule has 7 heteroatoms. The lowest BCUT2D eigenvalue weighted by Gasteiger charge is -2.24. The third-order valence-electron chi connectivity index (χ3n) is 3.86. The molecule has 2 N–H and O–H groups in total. The zero-order valence-corrected chi connectivity index (χ0v) is 17.0. The topological polar surface area (TPSA) is 93.7 Å². The first kappa shape index (κ1) is 21.9. The van der Waals surface area contributed by atoms with Crippen molar-refractivity contribution in [3.63, 3.8) is 0 Å². The molecule has 0 aliphatic rings. The highest BCUT2D eigenvalue weighted by Crippen LogP contribution is 2.14. The Hall–Kier alpha value is -3.35. The summed E-state index contributed by atoms with van der Waals surface area (Å²) in [5.74, 6) is -0.917. The van der Waals surface area contributed by atoms with Crippen LogP contribution in [0, 0.1) is 0 Å². The van der Waals surface area contributed by atoms with E-state index in [1.54, 1.807) is 45.0 Å². The summed E-state index contributed by atoms with van der Waals surface area (Å²) < 4.78 is 10.00. The van der Waals surface area contributed by atoms with Crippen LogP contribution in [-0.2, 0) is 20.7 Å². The van der Waals surface area contributed by atoms with Gasteiger partial charge in [0.2, 0.25) is 0 Å². The van der Waals surface area contributed by atoms with Gasteiger partial charge in [0.15, 0.2) is 0 Å². The highest BCUT2D eigenvalue weighted by molar-refractivity contribution is 5.97. The molecule has 2 rings (SSSR count). The molecule has 0 radical (unpaired) electrons. The molecule has 7 nitrogen and oxygen atoms in total. The minimum Gasteiger partial charge on any atom is -0.458 e. The third-order valence-corrected chi connectivity index (χ3v) is 3.86. The lowest BCUT2D eigenvalue weighted by Crippen LogP contribution is -2.45. The van der Waals surface area contributed by atoms with Gasteiger partial charge in [-0.3, -0.25) is 10.1 Å². The summed E-state index contributed by atoms with van der Waals surface area (Å²) in [5, 5.41) is 5.26. The van der Waals surface area contributed by atoms with Gasteiger partial charge in [-0.2, -0.15) is 0 Å². The van der Waals surface area contributed by atoms with E-state index in [1.165, 1.54) is 7.11 Å². The Bertz CT molecular complexity index is 842. The quantitative estimate of drug-likeness (QED) is 0.726. The van der Waals surface area contributed by atoms with Gasteiger partial charge in [0.1, 0.15) is 11.6 Å². The van der Waals surface area contributed by atoms with E-state index in [-0.39, 0.29) is 0 Å². The lowest BCUT2D eigenvalue weighted by molar-refractivity contribution is -0.157. The molecular weight excluding hydrogens is 372 g/mol. The molecule has 0 heterocycles. The second kappa shape index (κ2) is 9.73. The van der Waals surface area contributed by atoms with Gasteiger partial charge in [-0.25, -0.2) is 9.59 Å². The van der Waals surface area contributed by atoms with Gasteiger partial charge in [0.25, 0.3) is 5.91 Å². The second-order valence-electron chi connectivity index (χ2n) is 7.44. The van der Waals surface area contributed by atoms with Gasteiger partial charge < -0.3 is 14.8 Å². The maximum atomic E-state index is 12.7. The first-order valence-electron chi connectivity index (χ1n) is 9.20. The maximum absolute atomic E-state index is 12.7. The number of hydrogen-bond acceptors (Lipinski definition) is 5. The number of benzene rings is 2. The second-order valence-corrected chi connectivity index (χ2v) is 7.44. The van der Waals surface area contributed by atoms with Crippen LogP contribution in [0.4, 0.5) is 10.5 Å². The van der Waals surface area contributed by atoms with Crippen molar-refractivity contribution in [2.24, 2.45) is 0 Å². The SMILES string of the molecule is COC(=O)Nc1ccc(C(=O)N[C@@H](Cc2ccccc2)C(=O)OC(C)(C)C)cc1. The van der Waals surface area contributed by atoms with E-state index in [2.05, 4.69) is 15.4 Å². The Morgan fingerprint density at radius 2 is 1.59 bits per heavy atom. The van der Waals surface area contributed by atoms with E-state index in [4.69, 9.17) is 4.74 Å². The van der Waals surface area contributed by atoms with E-state index in [1.807, 2.05) is 30.3 Å². The number of esters is 1. The summed E-state index contributed by atoms with van der Waals surface area (Å²) in [6, 6.07) is 14.8. The summed E-state index contributed by atoms with van der Waals surface area (Å²) in [5.41, 5.74) is 1.07. The lowest BCUT2D eigenvalue weighted by atomic mass is 10.0. The Morgan fingerprint density at radius 3 is 2.14 bits per heavy atom. The van der Waals surface area contributed by atoms with Gasteiger partial charge in [-0.05, 0) is 50.6 Å². The molecular formula is C22H26N2O5. The maximum Gasteiger partial charge on any atom is 0.411 e. The molecule has 0 aromatic heterocycles. The molecule has 2 amide bonds. The van der Waals surface area contributed by atoms with Crippen molar-refractivity contribution in [2.45, 2.75) is 38.8 Å². The van der Waals surface area contributed by atoms with Crippen LogP contribution in [0.5, 0.6) is 0 Å². The fraction of sp³-hybridized carbons (Fsp3) is 0.318. The van der Waals surface area contributed by atoms with Gasteiger partial charge in [0.05, 0.1) is 7.11 Å². The smallest absolute Gasteiger partial charge is 0.411 e. The number of hydrogen-bond donors (Lipinski definition) is 2. The average Bonchev–Trinajstić information content (AvgIpc) is 2.67. The highest BCUT2D eigenvalue weighted by atomic mass is 16.6. The van der Waals surface area contributed by atoms with Gasteiger partial charge in [-0.15, -0.1) is 0 Å². The number of anilines is 1. The van der Waals surface area contributed by atoms with Crippen LogP contribution in [0.2, 0.25) is 0 Å². The molecule has 2 aromatic rings. The number of methoxy groups -OCH3 is 1. The predicted octanol–water partition coefficient (Wildman–Crippen LogP) is 3.55. The molecule has 0 spiro atoms. The Morgan fingerprint density at radius 1 is 0.966 bits per heavy atom.